The summed E-state index contributed by atoms with van der Waals surface area (Å²) >= 11 is 0. The Hall–Kier alpha value is -2.04. The standard InChI is InChI=1S/C14H16O5/c1-3-18-11(15)7-9-5-4-6-10-12(9)19-8-14(10,2)13(16)17/h4-6H,3,7-8H2,1-2H3,(H,16,17). The maximum absolute atomic E-state index is 11.5. The number of fused-ring (bicyclic) bond motifs is 1. The van der Waals surface area contributed by atoms with Crippen molar-refractivity contribution in [2.24, 2.45) is 0 Å². The second-order valence-corrected chi connectivity index (χ2v) is 4.70. The van der Waals surface area contributed by atoms with Crippen molar-refractivity contribution in [3.63, 3.8) is 0 Å². The Kier molecular flexibility index (Phi) is 3.46. The Labute approximate surface area is 111 Å². The average molecular weight is 264 g/mol. The zero-order valence-corrected chi connectivity index (χ0v) is 10.9. The largest absolute Gasteiger partial charge is 0.491 e. The highest BCUT2D eigenvalue weighted by Gasteiger charge is 2.44. The fourth-order valence-corrected chi connectivity index (χ4v) is 2.17. The number of para-hydroxylation sites is 1. The minimum Gasteiger partial charge on any atom is -0.491 e. The molecule has 0 aromatic heterocycles. The fraction of sp³-hybridized carbons (Fsp3) is 0.429. The molecule has 1 aromatic carbocycles. The average Bonchev–Trinajstić information content (AvgIpc) is 2.70. The Bertz CT molecular complexity index is 523. The predicted octanol–water partition coefficient (Wildman–Crippen LogP) is 1.53. The molecule has 1 atom stereocenters. The molecule has 0 amide bonds. The van der Waals surface area contributed by atoms with E-state index in [-0.39, 0.29) is 19.0 Å². The molecule has 5 heteroatoms. The van der Waals surface area contributed by atoms with Gasteiger partial charge in [-0.25, -0.2) is 0 Å². The van der Waals surface area contributed by atoms with Gasteiger partial charge in [0.05, 0.1) is 13.0 Å². The molecule has 0 saturated heterocycles. The molecular formula is C14H16O5. The molecule has 1 aromatic rings. The molecule has 1 heterocycles. The number of hydrogen-bond acceptors (Lipinski definition) is 4. The van der Waals surface area contributed by atoms with Gasteiger partial charge in [0.15, 0.2) is 0 Å². The number of carboxylic acids is 1. The summed E-state index contributed by atoms with van der Waals surface area (Å²) in [5.41, 5.74) is 0.225. The highest BCUT2D eigenvalue weighted by Crippen LogP contribution is 2.41. The molecule has 0 bridgehead atoms. The van der Waals surface area contributed by atoms with Crippen molar-refractivity contribution in [1.82, 2.24) is 0 Å². The number of hydrogen-bond donors (Lipinski definition) is 1. The number of esters is 1. The van der Waals surface area contributed by atoms with Gasteiger partial charge in [-0.15, -0.1) is 0 Å². The van der Waals surface area contributed by atoms with Crippen LogP contribution in [0.1, 0.15) is 25.0 Å². The van der Waals surface area contributed by atoms with E-state index >= 15 is 0 Å². The molecule has 5 nitrogen and oxygen atoms in total. The Balaban J connectivity index is 2.34. The van der Waals surface area contributed by atoms with Crippen LogP contribution in [0.25, 0.3) is 0 Å². The van der Waals surface area contributed by atoms with E-state index in [4.69, 9.17) is 9.47 Å². The van der Waals surface area contributed by atoms with E-state index in [9.17, 15) is 14.7 Å². The molecule has 1 aliphatic rings. The van der Waals surface area contributed by atoms with Crippen molar-refractivity contribution < 1.29 is 24.2 Å². The van der Waals surface area contributed by atoms with Gasteiger partial charge in [0.2, 0.25) is 0 Å². The molecule has 0 saturated carbocycles. The van der Waals surface area contributed by atoms with Gasteiger partial charge >= 0.3 is 11.9 Å². The van der Waals surface area contributed by atoms with Crippen LogP contribution in [-0.4, -0.2) is 30.3 Å². The van der Waals surface area contributed by atoms with E-state index in [2.05, 4.69) is 0 Å². The summed E-state index contributed by atoms with van der Waals surface area (Å²) in [6.45, 7) is 3.76. The molecule has 2 rings (SSSR count). The zero-order chi connectivity index (χ0) is 14.0. The van der Waals surface area contributed by atoms with Gasteiger partial charge in [0.1, 0.15) is 17.8 Å². The predicted molar refractivity (Wildman–Crippen MR) is 67.3 cm³/mol. The van der Waals surface area contributed by atoms with Crippen LogP contribution in [0.2, 0.25) is 0 Å². The van der Waals surface area contributed by atoms with Crippen LogP contribution in [0, 0.1) is 0 Å². The van der Waals surface area contributed by atoms with Gasteiger partial charge in [-0.2, -0.15) is 0 Å². The van der Waals surface area contributed by atoms with Crippen LogP contribution >= 0.6 is 0 Å². The zero-order valence-electron chi connectivity index (χ0n) is 10.9. The molecule has 0 spiro atoms. The molecule has 19 heavy (non-hydrogen) atoms. The van der Waals surface area contributed by atoms with Gasteiger partial charge in [0.25, 0.3) is 0 Å². The Morgan fingerprint density at radius 1 is 1.47 bits per heavy atom. The van der Waals surface area contributed by atoms with Gasteiger partial charge in [0, 0.05) is 11.1 Å². The van der Waals surface area contributed by atoms with E-state index in [1.54, 1.807) is 32.0 Å². The highest BCUT2D eigenvalue weighted by atomic mass is 16.5. The molecule has 1 unspecified atom stereocenters. The molecular weight excluding hydrogens is 248 g/mol. The lowest BCUT2D eigenvalue weighted by atomic mass is 9.84. The number of carbonyl (C=O) groups excluding carboxylic acids is 1. The van der Waals surface area contributed by atoms with E-state index in [0.717, 1.165) is 0 Å². The summed E-state index contributed by atoms with van der Waals surface area (Å²) in [6.07, 6.45) is 0.0900. The van der Waals surface area contributed by atoms with Crippen molar-refractivity contribution in [3.8, 4) is 5.75 Å². The number of carboxylic acid groups (broad SMARTS) is 1. The SMILES string of the molecule is CCOC(=O)Cc1cccc2c1OCC2(C)C(=O)O. The smallest absolute Gasteiger partial charge is 0.317 e. The lowest BCUT2D eigenvalue weighted by Gasteiger charge is -2.16. The van der Waals surface area contributed by atoms with Crippen LogP contribution in [-0.2, 0) is 26.2 Å². The number of aliphatic carboxylic acids is 1. The summed E-state index contributed by atoms with van der Waals surface area (Å²) in [5.74, 6) is -0.775. The first-order chi connectivity index (χ1) is 8.99. The van der Waals surface area contributed by atoms with E-state index in [0.29, 0.717) is 23.5 Å². The minimum atomic E-state index is -1.06. The first-order valence-corrected chi connectivity index (χ1v) is 6.13. The third-order valence-corrected chi connectivity index (χ3v) is 3.31. The van der Waals surface area contributed by atoms with E-state index in [1.807, 2.05) is 0 Å². The number of rotatable bonds is 4. The summed E-state index contributed by atoms with van der Waals surface area (Å²) < 4.78 is 10.4. The van der Waals surface area contributed by atoms with Gasteiger partial charge < -0.3 is 14.6 Å². The molecule has 1 N–H and O–H groups in total. The maximum Gasteiger partial charge on any atom is 0.317 e. The summed E-state index contributed by atoms with van der Waals surface area (Å²) in [5, 5.41) is 9.30. The van der Waals surface area contributed by atoms with Crippen molar-refractivity contribution in [3.05, 3.63) is 29.3 Å². The summed E-state index contributed by atoms with van der Waals surface area (Å²) in [4.78, 5) is 22.9. The molecule has 0 aliphatic carbocycles. The van der Waals surface area contributed by atoms with Crippen LogP contribution < -0.4 is 4.74 Å². The van der Waals surface area contributed by atoms with Crippen LogP contribution in [0.3, 0.4) is 0 Å². The monoisotopic (exact) mass is 264 g/mol. The summed E-state index contributed by atoms with van der Waals surface area (Å²) in [7, 11) is 0. The number of ether oxygens (including phenoxy) is 2. The Morgan fingerprint density at radius 2 is 2.21 bits per heavy atom. The van der Waals surface area contributed by atoms with E-state index < -0.39 is 11.4 Å². The Morgan fingerprint density at radius 3 is 2.84 bits per heavy atom. The van der Waals surface area contributed by atoms with Crippen LogP contribution in [0.4, 0.5) is 0 Å². The lowest BCUT2D eigenvalue weighted by Crippen LogP contribution is -2.33. The van der Waals surface area contributed by atoms with Gasteiger partial charge in [-0.3, -0.25) is 9.59 Å². The number of benzene rings is 1. The second-order valence-electron chi connectivity index (χ2n) is 4.70. The van der Waals surface area contributed by atoms with Crippen molar-refractivity contribution >= 4 is 11.9 Å². The van der Waals surface area contributed by atoms with Gasteiger partial charge in [-0.05, 0) is 13.8 Å². The third-order valence-electron chi connectivity index (χ3n) is 3.31. The molecule has 0 fully saturated rings. The molecule has 0 radical (unpaired) electrons. The number of carbonyl (C=O) groups is 2. The quantitative estimate of drug-likeness (QED) is 0.835. The van der Waals surface area contributed by atoms with Crippen LogP contribution in [0.5, 0.6) is 5.75 Å². The fourth-order valence-electron chi connectivity index (χ4n) is 2.17. The van der Waals surface area contributed by atoms with Gasteiger partial charge in [-0.1, -0.05) is 18.2 Å². The maximum atomic E-state index is 11.5. The first kappa shape index (κ1) is 13.4. The first-order valence-electron chi connectivity index (χ1n) is 6.13. The topological polar surface area (TPSA) is 72.8 Å². The molecule has 1 aliphatic heterocycles. The van der Waals surface area contributed by atoms with Crippen LogP contribution in [0.15, 0.2) is 18.2 Å². The van der Waals surface area contributed by atoms with Crippen molar-refractivity contribution in [2.75, 3.05) is 13.2 Å². The third kappa shape index (κ3) is 2.28. The normalized spacial score (nSPS) is 20.5. The summed E-state index contributed by atoms with van der Waals surface area (Å²) in [6, 6.07) is 5.22. The molecule has 102 valence electrons. The van der Waals surface area contributed by atoms with E-state index in [1.165, 1.54) is 0 Å². The second kappa shape index (κ2) is 4.91. The van der Waals surface area contributed by atoms with Crippen molar-refractivity contribution in [1.29, 1.82) is 0 Å². The lowest BCUT2D eigenvalue weighted by molar-refractivity contribution is -0.144. The highest BCUT2D eigenvalue weighted by molar-refractivity contribution is 5.84. The van der Waals surface area contributed by atoms with Crippen molar-refractivity contribution in [2.45, 2.75) is 25.7 Å². The minimum absolute atomic E-state index is 0.0809.